The van der Waals surface area contributed by atoms with Crippen LogP contribution in [0.15, 0.2) is 0 Å². The maximum absolute atomic E-state index is 12.0. The highest BCUT2D eigenvalue weighted by Crippen LogP contribution is 2.32. The molecule has 0 aliphatic rings. The maximum Gasteiger partial charge on any atom is 0.406 e. The summed E-state index contributed by atoms with van der Waals surface area (Å²) in [4.78, 5) is 0. The van der Waals surface area contributed by atoms with Crippen LogP contribution in [-0.4, -0.2) is 11.7 Å². The Bertz CT molecular complexity index is 107. The summed E-state index contributed by atoms with van der Waals surface area (Å²) in [6.45, 7) is 2.88. The van der Waals surface area contributed by atoms with Crippen LogP contribution in [0.1, 0.15) is 26.7 Å². The molecule has 0 heterocycles. The molecule has 0 aliphatic carbocycles. The normalized spacial score (nSPS) is 12.5. The molecule has 0 rings (SSSR count). The van der Waals surface area contributed by atoms with Crippen LogP contribution in [0.3, 0.4) is 0 Å². The first-order valence-electron chi connectivity index (χ1n) is 3.23. The van der Waals surface area contributed by atoms with Gasteiger partial charge in [-0.15, -0.1) is 0 Å². The predicted octanol–water partition coefficient (Wildman–Crippen LogP) is 2.23. The summed E-state index contributed by atoms with van der Waals surface area (Å²) in [6, 6.07) is 0. The van der Waals surface area contributed by atoms with Gasteiger partial charge in [-0.05, 0) is 12.8 Å². The minimum absolute atomic E-state index is 0. The minimum Gasteiger partial charge on any atom is -0.344 e. The van der Waals surface area contributed by atoms with Crippen molar-refractivity contribution >= 4 is 0 Å². The van der Waals surface area contributed by atoms with Gasteiger partial charge in [0.15, 0.2) is 0 Å². The van der Waals surface area contributed by atoms with Crippen LogP contribution in [0, 0.1) is 0 Å². The summed E-state index contributed by atoms with van der Waals surface area (Å²) in [5, 5.41) is 0. The Hall–Kier alpha value is -0.290. The quantitative estimate of drug-likeness (QED) is 0.670. The van der Waals surface area contributed by atoms with E-state index in [1.54, 1.807) is 0 Å². The van der Waals surface area contributed by atoms with Gasteiger partial charge < -0.3 is 11.9 Å². The fraction of sp³-hybridized carbons (Fsp3) is 1.00. The molecule has 0 bridgehead atoms. The second-order valence-electron chi connectivity index (χ2n) is 2.36. The van der Waals surface area contributed by atoms with Gasteiger partial charge >= 0.3 is 6.18 Å². The highest BCUT2D eigenvalue weighted by molar-refractivity contribution is 4.88. The van der Waals surface area contributed by atoms with E-state index in [4.69, 9.17) is 5.73 Å². The standard InChI is InChI=1S/C6H12F3N.H3N/c1-3-5(10,4-2)6(7,8)9;/h3-4,10H2,1-2H3;1H3. The molecule has 0 spiro atoms. The van der Waals surface area contributed by atoms with Crippen LogP contribution < -0.4 is 11.9 Å². The molecule has 0 fully saturated rings. The van der Waals surface area contributed by atoms with E-state index in [0.29, 0.717) is 0 Å². The molecule has 5 N–H and O–H groups in total. The summed E-state index contributed by atoms with van der Waals surface area (Å²) in [5.74, 6) is 0. The van der Waals surface area contributed by atoms with Crippen molar-refractivity contribution in [3.8, 4) is 0 Å². The molecule has 0 amide bonds. The molecule has 70 valence electrons. The highest BCUT2D eigenvalue weighted by Gasteiger charge is 2.48. The van der Waals surface area contributed by atoms with Gasteiger partial charge in [0.25, 0.3) is 0 Å². The minimum atomic E-state index is -4.27. The fourth-order valence-electron chi connectivity index (χ4n) is 0.651. The smallest absolute Gasteiger partial charge is 0.344 e. The van der Waals surface area contributed by atoms with Crippen molar-refractivity contribution in [2.24, 2.45) is 5.73 Å². The summed E-state index contributed by atoms with van der Waals surface area (Å²) < 4.78 is 35.9. The number of nitrogens with two attached hydrogens (primary N) is 1. The van der Waals surface area contributed by atoms with Gasteiger partial charge in [-0.25, -0.2) is 0 Å². The van der Waals surface area contributed by atoms with E-state index in [0.717, 1.165) is 0 Å². The summed E-state index contributed by atoms with van der Waals surface area (Å²) in [7, 11) is 0. The van der Waals surface area contributed by atoms with Crippen molar-refractivity contribution in [1.82, 2.24) is 6.15 Å². The lowest BCUT2D eigenvalue weighted by atomic mass is 9.94. The first-order valence-corrected chi connectivity index (χ1v) is 3.23. The predicted molar refractivity (Wildman–Crippen MR) is 38.6 cm³/mol. The molecule has 0 aromatic heterocycles. The van der Waals surface area contributed by atoms with Crippen LogP contribution in [-0.2, 0) is 0 Å². The largest absolute Gasteiger partial charge is 0.406 e. The van der Waals surface area contributed by atoms with Crippen molar-refractivity contribution in [2.75, 3.05) is 0 Å². The molecule has 0 atom stereocenters. The van der Waals surface area contributed by atoms with Gasteiger partial charge in [-0.1, -0.05) is 13.8 Å². The Balaban J connectivity index is 0. The molecular weight excluding hydrogens is 157 g/mol. The average molecular weight is 172 g/mol. The zero-order valence-corrected chi connectivity index (χ0v) is 6.83. The first kappa shape index (κ1) is 13.3. The Morgan fingerprint density at radius 2 is 1.36 bits per heavy atom. The number of hydrogen-bond donors (Lipinski definition) is 2. The average Bonchev–Trinajstić information content (AvgIpc) is 1.84. The van der Waals surface area contributed by atoms with E-state index in [2.05, 4.69) is 0 Å². The number of rotatable bonds is 2. The summed E-state index contributed by atoms with van der Waals surface area (Å²) in [6.07, 6.45) is -4.39. The van der Waals surface area contributed by atoms with Crippen molar-refractivity contribution in [2.45, 2.75) is 38.4 Å². The van der Waals surface area contributed by atoms with Gasteiger partial charge in [0.05, 0.1) is 0 Å². The zero-order valence-electron chi connectivity index (χ0n) is 6.83. The van der Waals surface area contributed by atoms with E-state index in [-0.39, 0.29) is 19.0 Å². The van der Waals surface area contributed by atoms with E-state index < -0.39 is 11.7 Å². The molecule has 0 aromatic rings. The molecule has 0 saturated carbocycles. The van der Waals surface area contributed by atoms with Crippen LogP contribution in [0.5, 0.6) is 0 Å². The highest BCUT2D eigenvalue weighted by atomic mass is 19.4. The fourth-order valence-corrected chi connectivity index (χ4v) is 0.651. The van der Waals surface area contributed by atoms with Crippen molar-refractivity contribution in [3.63, 3.8) is 0 Å². The molecule has 0 unspecified atom stereocenters. The third-order valence-electron chi connectivity index (χ3n) is 1.83. The third-order valence-corrected chi connectivity index (χ3v) is 1.83. The monoisotopic (exact) mass is 172 g/mol. The van der Waals surface area contributed by atoms with Gasteiger partial charge in [0.2, 0.25) is 0 Å². The lowest BCUT2D eigenvalue weighted by molar-refractivity contribution is -0.187. The van der Waals surface area contributed by atoms with E-state index in [1.165, 1.54) is 13.8 Å². The Labute approximate surface area is 64.5 Å². The van der Waals surface area contributed by atoms with Crippen molar-refractivity contribution < 1.29 is 13.2 Å². The maximum atomic E-state index is 12.0. The topological polar surface area (TPSA) is 61.0 Å². The SMILES string of the molecule is CCC(N)(CC)C(F)(F)F.N. The van der Waals surface area contributed by atoms with E-state index in [9.17, 15) is 13.2 Å². The second kappa shape index (κ2) is 3.92. The van der Waals surface area contributed by atoms with Crippen molar-refractivity contribution in [3.05, 3.63) is 0 Å². The third kappa shape index (κ3) is 2.67. The van der Waals surface area contributed by atoms with Crippen LogP contribution in [0.25, 0.3) is 0 Å². The lowest BCUT2D eigenvalue weighted by Crippen LogP contribution is -2.52. The molecule has 0 saturated heterocycles. The zero-order chi connectivity index (χ0) is 8.41. The van der Waals surface area contributed by atoms with Gasteiger partial charge in [0.1, 0.15) is 5.54 Å². The first-order chi connectivity index (χ1) is 4.37. The molecule has 5 heteroatoms. The lowest BCUT2D eigenvalue weighted by Gasteiger charge is -2.29. The second-order valence-corrected chi connectivity index (χ2v) is 2.36. The molecule has 0 aromatic carbocycles. The van der Waals surface area contributed by atoms with Crippen LogP contribution >= 0.6 is 0 Å². The summed E-state index contributed by atoms with van der Waals surface area (Å²) in [5.41, 5.74) is 3.07. The number of alkyl halides is 3. The summed E-state index contributed by atoms with van der Waals surface area (Å²) >= 11 is 0. The Kier molecular flexibility index (Phi) is 4.74. The van der Waals surface area contributed by atoms with E-state index >= 15 is 0 Å². The Morgan fingerprint density at radius 1 is 1.09 bits per heavy atom. The number of halogens is 3. The van der Waals surface area contributed by atoms with Gasteiger partial charge in [-0.2, -0.15) is 13.2 Å². The number of hydrogen-bond acceptors (Lipinski definition) is 2. The Morgan fingerprint density at radius 3 is 1.36 bits per heavy atom. The van der Waals surface area contributed by atoms with Crippen LogP contribution in [0.4, 0.5) is 13.2 Å². The van der Waals surface area contributed by atoms with E-state index in [1.807, 2.05) is 0 Å². The van der Waals surface area contributed by atoms with Gasteiger partial charge in [0, 0.05) is 0 Å². The van der Waals surface area contributed by atoms with Crippen molar-refractivity contribution in [1.29, 1.82) is 0 Å². The van der Waals surface area contributed by atoms with Gasteiger partial charge in [-0.3, -0.25) is 0 Å². The van der Waals surface area contributed by atoms with Crippen LogP contribution in [0.2, 0.25) is 0 Å². The molecule has 2 nitrogen and oxygen atoms in total. The molecule has 0 aliphatic heterocycles. The molecule has 11 heavy (non-hydrogen) atoms. The molecule has 0 radical (unpaired) electrons. The molecular formula is C6H15F3N2.